The number of rotatable bonds is 4. The van der Waals surface area contributed by atoms with Gasteiger partial charge in [0.05, 0.1) is 7.11 Å². The first-order valence-corrected chi connectivity index (χ1v) is 7.11. The molecule has 0 radical (unpaired) electrons. The van der Waals surface area contributed by atoms with E-state index in [1.165, 1.54) is 12.5 Å². The first-order valence-electron chi connectivity index (χ1n) is 7.11. The number of nitrogens with one attached hydrogen (secondary N) is 1. The molecule has 1 unspecified atom stereocenters. The Balaban J connectivity index is 1.61. The minimum atomic E-state index is -0.329. The van der Waals surface area contributed by atoms with Crippen LogP contribution in [0.2, 0.25) is 0 Å². The van der Waals surface area contributed by atoms with Crippen molar-refractivity contribution in [2.45, 2.75) is 6.04 Å². The number of fused-ring (bicyclic) bond motifs is 1. The molecular weight excluding hydrogens is 282 g/mol. The van der Waals surface area contributed by atoms with E-state index in [2.05, 4.69) is 17.7 Å². The summed E-state index contributed by atoms with van der Waals surface area (Å²) in [6.07, 6.45) is 0. The first kappa shape index (κ1) is 14.8. The molecule has 6 nitrogen and oxygen atoms in total. The summed E-state index contributed by atoms with van der Waals surface area (Å²) in [4.78, 5) is 11.6. The maximum Gasteiger partial charge on any atom is 0.325 e. The lowest BCUT2D eigenvalue weighted by Crippen LogP contribution is -2.42. The molecule has 116 valence electrons. The van der Waals surface area contributed by atoms with Crippen LogP contribution in [0.15, 0.2) is 42.5 Å². The zero-order chi connectivity index (χ0) is 15.5. The number of benzene rings is 2. The van der Waals surface area contributed by atoms with Gasteiger partial charge in [-0.15, -0.1) is 0 Å². The van der Waals surface area contributed by atoms with Crippen molar-refractivity contribution >= 4 is 16.7 Å². The van der Waals surface area contributed by atoms with Crippen molar-refractivity contribution < 1.29 is 14.3 Å². The van der Waals surface area contributed by atoms with Crippen LogP contribution in [0.25, 0.3) is 10.8 Å². The average Bonchev–Trinajstić information content (AvgIpc) is 2.93. The van der Waals surface area contributed by atoms with Gasteiger partial charge in [0.15, 0.2) is 6.73 Å². The lowest BCUT2D eigenvalue weighted by Gasteiger charge is -2.17. The summed E-state index contributed by atoms with van der Waals surface area (Å²) in [6, 6.07) is 13.8. The second-order valence-corrected chi connectivity index (χ2v) is 5.25. The van der Waals surface area contributed by atoms with Gasteiger partial charge in [0.1, 0.15) is 11.8 Å². The fourth-order valence-electron chi connectivity index (χ4n) is 2.52. The number of esters is 1. The number of hydrogen-bond donors (Lipinski definition) is 1. The zero-order valence-corrected chi connectivity index (χ0v) is 12.7. The quantitative estimate of drug-likeness (QED) is 0.861. The van der Waals surface area contributed by atoms with Crippen molar-refractivity contribution in [1.82, 2.24) is 15.6 Å². The third-order valence-electron chi connectivity index (χ3n) is 3.74. The maximum absolute atomic E-state index is 11.6. The Hall–Kier alpha value is -2.15. The number of carbonyl (C=O) groups is 1. The van der Waals surface area contributed by atoms with E-state index < -0.39 is 0 Å². The molecule has 1 N–H and O–H groups in total. The Morgan fingerprint density at radius 1 is 1.27 bits per heavy atom. The predicted octanol–water partition coefficient (Wildman–Crippen LogP) is 1.38. The second-order valence-electron chi connectivity index (χ2n) is 5.25. The molecule has 1 heterocycles. The molecule has 1 saturated heterocycles. The van der Waals surface area contributed by atoms with Gasteiger partial charge in [0, 0.05) is 13.6 Å². The summed E-state index contributed by atoms with van der Waals surface area (Å²) in [5.41, 5.74) is 3.07. The topological polar surface area (TPSA) is 54.0 Å². The van der Waals surface area contributed by atoms with Crippen molar-refractivity contribution in [2.75, 3.05) is 27.4 Å². The monoisotopic (exact) mass is 301 g/mol. The standard InChI is InChI=1S/C16H19N3O3/c1-18-15(16(20)21-2)10-19(17-18)11-22-14-8-7-12-5-3-4-6-13(12)9-14/h3-9,15,17H,10-11H2,1-2H3. The van der Waals surface area contributed by atoms with Gasteiger partial charge in [-0.05, 0) is 22.9 Å². The molecule has 0 saturated carbocycles. The van der Waals surface area contributed by atoms with E-state index in [1.54, 1.807) is 12.1 Å². The van der Waals surface area contributed by atoms with Crippen LogP contribution < -0.4 is 10.3 Å². The van der Waals surface area contributed by atoms with Crippen molar-refractivity contribution in [3.05, 3.63) is 42.5 Å². The fraction of sp³-hybridized carbons (Fsp3) is 0.312. The number of hydrazine groups is 2. The maximum atomic E-state index is 11.6. The van der Waals surface area contributed by atoms with E-state index in [-0.39, 0.29) is 12.0 Å². The number of carbonyl (C=O) groups excluding carboxylic acids is 1. The number of ether oxygens (including phenoxy) is 2. The lowest BCUT2D eigenvalue weighted by molar-refractivity contribution is -0.145. The normalized spacial score (nSPS) is 19.5. The fourth-order valence-corrected chi connectivity index (χ4v) is 2.52. The van der Waals surface area contributed by atoms with E-state index in [9.17, 15) is 4.79 Å². The number of hydrogen-bond acceptors (Lipinski definition) is 6. The summed E-state index contributed by atoms with van der Waals surface area (Å²) < 4.78 is 10.6. The summed E-state index contributed by atoms with van der Waals surface area (Å²) in [7, 11) is 3.20. The van der Waals surface area contributed by atoms with Crippen LogP contribution in [0.1, 0.15) is 0 Å². The van der Waals surface area contributed by atoms with Gasteiger partial charge in [-0.25, -0.2) is 5.01 Å². The van der Waals surface area contributed by atoms with Crippen molar-refractivity contribution in [3.8, 4) is 5.75 Å². The van der Waals surface area contributed by atoms with Crippen molar-refractivity contribution in [3.63, 3.8) is 0 Å². The van der Waals surface area contributed by atoms with Crippen LogP contribution >= 0.6 is 0 Å². The Labute approximate surface area is 129 Å². The first-order chi connectivity index (χ1) is 10.7. The predicted molar refractivity (Wildman–Crippen MR) is 82.9 cm³/mol. The Morgan fingerprint density at radius 2 is 2.05 bits per heavy atom. The summed E-state index contributed by atoms with van der Waals surface area (Å²) in [5.74, 6) is 0.535. The highest BCUT2D eigenvalue weighted by Crippen LogP contribution is 2.21. The molecule has 3 rings (SSSR count). The lowest BCUT2D eigenvalue weighted by atomic mass is 10.1. The summed E-state index contributed by atoms with van der Waals surface area (Å²) in [5, 5.41) is 5.87. The van der Waals surface area contributed by atoms with Crippen LogP contribution in [-0.2, 0) is 9.53 Å². The molecular formula is C16H19N3O3. The van der Waals surface area contributed by atoms with Gasteiger partial charge in [-0.3, -0.25) is 4.79 Å². The number of methoxy groups -OCH3 is 1. The van der Waals surface area contributed by atoms with Crippen LogP contribution in [0, 0.1) is 0 Å². The SMILES string of the molecule is COC(=O)C1CN(COc2ccc3ccccc3c2)NN1C. The molecule has 0 aromatic heterocycles. The third-order valence-corrected chi connectivity index (χ3v) is 3.74. The largest absolute Gasteiger partial charge is 0.477 e. The summed E-state index contributed by atoms with van der Waals surface area (Å²) in [6.45, 7) is 0.854. The Bertz CT molecular complexity index is 676. The Morgan fingerprint density at radius 3 is 2.82 bits per heavy atom. The molecule has 0 aliphatic carbocycles. The highest BCUT2D eigenvalue weighted by Gasteiger charge is 2.33. The molecule has 0 amide bonds. The smallest absolute Gasteiger partial charge is 0.325 e. The van der Waals surface area contributed by atoms with E-state index in [4.69, 9.17) is 9.47 Å². The molecule has 22 heavy (non-hydrogen) atoms. The minimum Gasteiger partial charge on any atom is -0.477 e. The van der Waals surface area contributed by atoms with E-state index in [1.807, 2.05) is 35.3 Å². The number of likely N-dealkylation sites (N-methyl/N-ethyl adjacent to an activating group) is 1. The Kier molecular flexibility index (Phi) is 4.24. The van der Waals surface area contributed by atoms with Crippen LogP contribution in [-0.4, -0.2) is 49.5 Å². The van der Waals surface area contributed by atoms with Crippen molar-refractivity contribution in [1.29, 1.82) is 0 Å². The highest BCUT2D eigenvalue weighted by molar-refractivity contribution is 5.83. The van der Waals surface area contributed by atoms with Gasteiger partial charge in [0.2, 0.25) is 0 Å². The third kappa shape index (κ3) is 3.04. The zero-order valence-electron chi connectivity index (χ0n) is 12.7. The molecule has 1 atom stereocenters. The molecule has 2 aromatic rings. The molecule has 1 fully saturated rings. The van der Waals surface area contributed by atoms with Gasteiger partial charge in [0.25, 0.3) is 0 Å². The van der Waals surface area contributed by atoms with E-state index in [0.29, 0.717) is 13.3 Å². The average molecular weight is 301 g/mol. The molecule has 0 spiro atoms. The van der Waals surface area contributed by atoms with Crippen molar-refractivity contribution in [2.24, 2.45) is 0 Å². The highest BCUT2D eigenvalue weighted by atomic mass is 16.5. The van der Waals surface area contributed by atoms with Gasteiger partial charge >= 0.3 is 5.97 Å². The second kappa shape index (κ2) is 6.31. The van der Waals surface area contributed by atoms with Crippen LogP contribution in [0.4, 0.5) is 0 Å². The molecule has 1 aliphatic heterocycles. The van der Waals surface area contributed by atoms with Gasteiger partial charge in [-0.1, -0.05) is 30.3 Å². The molecule has 6 heteroatoms. The van der Waals surface area contributed by atoms with E-state index >= 15 is 0 Å². The van der Waals surface area contributed by atoms with Crippen LogP contribution in [0.3, 0.4) is 0 Å². The van der Waals surface area contributed by atoms with E-state index in [0.717, 1.165) is 11.1 Å². The number of nitrogens with zero attached hydrogens (tertiary/aromatic N) is 2. The summed E-state index contributed by atoms with van der Waals surface area (Å²) >= 11 is 0. The van der Waals surface area contributed by atoms with Gasteiger partial charge in [-0.2, -0.15) is 10.5 Å². The van der Waals surface area contributed by atoms with Crippen LogP contribution in [0.5, 0.6) is 5.75 Å². The minimum absolute atomic E-state index is 0.261. The van der Waals surface area contributed by atoms with Gasteiger partial charge < -0.3 is 9.47 Å². The molecule has 2 aromatic carbocycles. The molecule has 1 aliphatic rings. The molecule has 0 bridgehead atoms.